The molecule has 9 heteroatoms. The van der Waals surface area contributed by atoms with Crippen molar-refractivity contribution in [3.63, 3.8) is 0 Å². The third-order valence-corrected chi connectivity index (χ3v) is 3.90. The highest BCUT2D eigenvalue weighted by Gasteiger charge is 2.40. The highest BCUT2D eigenvalue weighted by Crippen LogP contribution is 2.27. The zero-order valence-corrected chi connectivity index (χ0v) is 13.9. The van der Waals surface area contributed by atoms with Crippen LogP contribution in [0.15, 0.2) is 0 Å². The van der Waals surface area contributed by atoms with E-state index in [9.17, 15) is 22.8 Å². The smallest absolute Gasteiger partial charge is 0.480 e. The Kier molecular flexibility index (Phi) is 7.47. The molecule has 1 fully saturated rings. The fourth-order valence-corrected chi connectivity index (χ4v) is 2.65. The number of hydrogen-bond acceptors (Lipinski definition) is 5. The van der Waals surface area contributed by atoms with Gasteiger partial charge in [0.1, 0.15) is 12.6 Å². The van der Waals surface area contributed by atoms with Crippen LogP contribution in [-0.4, -0.2) is 67.1 Å². The van der Waals surface area contributed by atoms with E-state index in [2.05, 4.69) is 4.74 Å². The van der Waals surface area contributed by atoms with Crippen LogP contribution < -0.4 is 0 Å². The Balaban J connectivity index is 2.21. The Morgan fingerprint density at radius 2 is 1.88 bits per heavy atom. The molecule has 0 radical (unpaired) electrons. The van der Waals surface area contributed by atoms with Crippen molar-refractivity contribution < 1.29 is 37.3 Å². The fraction of sp³-hybridized carbons (Fsp3) is 0.867. The molecule has 140 valence electrons. The molecule has 0 amide bonds. The number of likely N-dealkylation sites (tertiary alicyclic amines) is 1. The number of esters is 1. The molecule has 0 aromatic carbocycles. The van der Waals surface area contributed by atoms with Gasteiger partial charge in [0, 0.05) is 13.2 Å². The summed E-state index contributed by atoms with van der Waals surface area (Å²) in [4.78, 5) is 23.6. The van der Waals surface area contributed by atoms with Gasteiger partial charge in [0.25, 0.3) is 0 Å². The van der Waals surface area contributed by atoms with Crippen molar-refractivity contribution in [3.8, 4) is 0 Å². The van der Waals surface area contributed by atoms with E-state index in [0.717, 1.165) is 13.0 Å². The Morgan fingerprint density at radius 1 is 1.21 bits per heavy atom. The third kappa shape index (κ3) is 7.04. The van der Waals surface area contributed by atoms with Gasteiger partial charge >= 0.3 is 18.1 Å². The van der Waals surface area contributed by atoms with E-state index in [1.165, 1.54) is 0 Å². The van der Waals surface area contributed by atoms with E-state index in [0.29, 0.717) is 26.0 Å². The molecule has 1 atom stereocenters. The van der Waals surface area contributed by atoms with Crippen LogP contribution in [0.4, 0.5) is 13.2 Å². The Labute approximate surface area is 138 Å². The molecular weight excluding hydrogens is 331 g/mol. The van der Waals surface area contributed by atoms with Crippen molar-refractivity contribution in [2.45, 2.75) is 45.3 Å². The summed E-state index contributed by atoms with van der Waals surface area (Å²) in [5.41, 5.74) is -0.194. The number of aliphatic carboxylic acids is 1. The first-order valence-corrected chi connectivity index (χ1v) is 7.81. The summed E-state index contributed by atoms with van der Waals surface area (Å²) >= 11 is 0. The van der Waals surface area contributed by atoms with Gasteiger partial charge in [-0.1, -0.05) is 13.8 Å². The van der Waals surface area contributed by atoms with Gasteiger partial charge in [-0.25, -0.2) is 4.79 Å². The van der Waals surface area contributed by atoms with Gasteiger partial charge in [-0.05, 0) is 31.2 Å². The molecule has 0 bridgehead atoms. The van der Waals surface area contributed by atoms with E-state index >= 15 is 0 Å². The van der Waals surface area contributed by atoms with Crippen LogP contribution in [0, 0.1) is 5.41 Å². The Hall–Kier alpha value is -1.35. The van der Waals surface area contributed by atoms with Crippen LogP contribution in [0.25, 0.3) is 0 Å². The summed E-state index contributed by atoms with van der Waals surface area (Å²) in [5, 5.41) is 9.17. The van der Waals surface area contributed by atoms with E-state index in [4.69, 9.17) is 9.84 Å². The minimum atomic E-state index is -4.99. The highest BCUT2D eigenvalue weighted by molar-refractivity contribution is 5.75. The van der Waals surface area contributed by atoms with Crippen LogP contribution in [0.1, 0.15) is 33.1 Å². The minimum absolute atomic E-state index is 0.112. The summed E-state index contributed by atoms with van der Waals surface area (Å²) < 4.78 is 44.9. The number of nitrogens with zero attached hydrogens (tertiary/aromatic N) is 1. The average Bonchev–Trinajstić information content (AvgIpc) is 2.88. The predicted octanol–water partition coefficient (Wildman–Crippen LogP) is 2.07. The van der Waals surface area contributed by atoms with Crippen LogP contribution in [0.5, 0.6) is 0 Å². The second kappa shape index (κ2) is 8.66. The fourth-order valence-electron chi connectivity index (χ4n) is 2.65. The molecule has 1 aliphatic heterocycles. The van der Waals surface area contributed by atoms with E-state index < -0.39 is 30.8 Å². The second-order valence-electron chi connectivity index (χ2n) is 6.63. The molecule has 1 heterocycles. The van der Waals surface area contributed by atoms with Crippen molar-refractivity contribution in [1.82, 2.24) is 4.90 Å². The zero-order chi connectivity index (χ0) is 18.4. The molecule has 1 aliphatic rings. The summed E-state index contributed by atoms with van der Waals surface area (Å²) in [6, 6.07) is -0.452. The normalized spacial score (nSPS) is 19.5. The molecule has 1 saturated heterocycles. The summed E-state index contributed by atoms with van der Waals surface area (Å²) in [7, 11) is 0. The number of ether oxygens (including phenoxy) is 2. The number of rotatable bonds is 9. The molecule has 1 unspecified atom stereocenters. The lowest BCUT2D eigenvalue weighted by Gasteiger charge is -2.32. The number of carboxylic acids is 1. The van der Waals surface area contributed by atoms with Crippen LogP contribution in [0.2, 0.25) is 0 Å². The number of hydrogen-bond donors (Lipinski definition) is 1. The summed E-state index contributed by atoms with van der Waals surface area (Å²) in [5.74, 6) is -3.04. The van der Waals surface area contributed by atoms with Crippen LogP contribution in [-0.2, 0) is 19.1 Å². The maximum Gasteiger partial charge on any atom is 0.490 e. The number of carboxylic acid groups (broad SMARTS) is 1. The second-order valence-corrected chi connectivity index (χ2v) is 6.63. The maximum absolute atomic E-state index is 11.9. The quantitative estimate of drug-likeness (QED) is 0.504. The third-order valence-electron chi connectivity index (χ3n) is 3.90. The van der Waals surface area contributed by atoms with Gasteiger partial charge in [-0.15, -0.1) is 0 Å². The van der Waals surface area contributed by atoms with Crippen molar-refractivity contribution >= 4 is 11.9 Å². The highest BCUT2D eigenvalue weighted by atomic mass is 19.4. The number of carbonyl (C=O) groups excluding carboxylic acids is 1. The molecule has 0 aromatic heterocycles. The number of alkyl halides is 3. The minimum Gasteiger partial charge on any atom is -0.480 e. The van der Waals surface area contributed by atoms with Gasteiger partial charge in [-0.3, -0.25) is 9.69 Å². The molecule has 0 aliphatic carbocycles. The number of carbonyl (C=O) groups is 2. The zero-order valence-electron chi connectivity index (χ0n) is 13.9. The largest absolute Gasteiger partial charge is 0.490 e. The first kappa shape index (κ1) is 20.7. The van der Waals surface area contributed by atoms with Crippen molar-refractivity contribution in [1.29, 1.82) is 0 Å². The van der Waals surface area contributed by atoms with E-state index in [-0.39, 0.29) is 12.0 Å². The van der Waals surface area contributed by atoms with Gasteiger partial charge < -0.3 is 14.6 Å². The van der Waals surface area contributed by atoms with Crippen LogP contribution in [0.3, 0.4) is 0 Å². The summed E-state index contributed by atoms with van der Waals surface area (Å²) in [6.45, 7) is 5.05. The van der Waals surface area contributed by atoms with E-state index in [1.54, 1.807) is 0 Å². The lowest BCUT2D eigenvalue weighted by molar-refractivity contribution is -0.200. The topological polar surface area (TPSA) is 76.1 Å². The van der Waals surface area contributed by atoms with Gasteiger partial charge in [0.05, 0.1) is 6.61 Å². The standard InChI is InChI=1S/C15H24F3NO5/c1-14(2,10-19-6-3-4-11(19)12(20)21)5-7-23-8-9-24-13(22)15(16,17)18/h11H,3-10H2,1-2H3,(H,20,21). The van der Waals surface area contributed by atoms with Crippen molar-refractivity contribution in [2.24, 2.45) is 5.41 Å². The monoisotopic (exact) mass is 355 g/mol. The Morgan fingerprint density at radius 3 is 2.46 bits per heavy atom. The summed E-state index contributed by atoms with van der Waals surface area (Å²) in [6.07, 6.45) is -2.87. The lowest BCUT2D eigenvalue weighted by atomic mass is 9.89. The van der Waals surface area contributed by atoms with Gasteiger partial charge in [0.2, 0.25) is 0 Å². The SMILES string of the molecule is CC(C)(CCOCCOC(=O)C(F)(F)F)CN1CCCC1C(=O)O. The predicted molar refractivity (Wildman–Crippen MR) is 78.5 cm³/mol. The Bertz CT molecular complexity index is 439. The molecule has 24 heavy (non-hydrogen) atoms. The molecular formula is C15H24F3NO5. The van der Waals surface area contributed by atoms with Crippen molar-refractivity contribution in [3.05, 3.63) is 0 Å². The molecule has 1 rings (SSSR count). The molecule has 6 nitrogen and oxygen atoms in total. The molecule has 0 saturated carbocycles. The van der Waals surface area contributed by atoms with Crippen LogP contribution >= 0.6 is 0 Å². The maximum atomic E-state index is 11.9. The van der Waals surface area contributed by atoms with Crippen molar-refractivity contribution in [2.75, 3.05) is 32.9 Å². The van der Waals surface area contributed by atoms with E-state index in [1.807, 2.05) is 18.7 Å². The first-order chi connectivity index (χ1) is 11.0. The molecule has 0 spiro atoms. The van der Waals surface area contributed by atoms with Gasteiger partial charge in [0.15, 0.2) is 0 Å². The molecule has 0 aromatic rings. The first-order valence-electron chi connectivity index (χ1n) is 7.81. The van der Waals surface area contributed by atoms with Gasteiger partial charge in [-0.2, -0.15) is 13.2 Å². The lowest BCUT2D eigenvalue weighted by Crippen LogP contribution is -2.42. The number of halogens is 3. The average molecular weight is 355 g/mol. The molecule has 1 N–H and O–H groups in total.